The number of hydrogen-bond acceptors (Lipinski definition) is 7. The summed E-state index contributed by atoms with van der Waals surface area (Å²) in [5.41, 5.74) is 2.37. The van der Waals surface area contributed by atoms with Gasteiger partial charge in [0, 0.05) is 37.4 Å². The highest BCUT2D eigenvalue weighted by Crippen LogP contribution is 2.46. The fourth-order valence-corrected chi connectivity index (χ4v) is 7.16. The number of thioether (sulfide) groups is 1. The van der Waals surface area contributed by atoms with Gasteiger partial charge in [0.15, 0.2) is 5.69 Å². The summed E-state index contributed by atoms with van der Waals surface area (Å²) in [5, 5.41) is 10.6. The summed E-state index contributed by atoms with van der Waals surface area (Å²) in [5.74, 6) is 1.57. The largest absolute Gasteiger partial charge is 0.336 e. The number of carbonyl (C=O) groups excluding carboxylic acids is 4. The highest BCUT2D eigenvalue weighted by molar-refractivity contribution is 7.99. The van der Waals surface area contributed by atoms with E-state index in [4.69, 9.17) is 0 Å². The van der Waals surface area contributed by atoms with Gasteiger partial charge in [-0.3, -0.25) is 24.5 Å². The van der Waals surface area contributed by atoms with Gasteiger partial charge in [0.1, 0.15) is 6.04 Å². The van der Waals surface area contributed by atoms with Crippen LogP contribution in [0.4, 0.5) is 0 Å². The number of imide groups is 1. The number of benzene rings is 1. The van der Waals surface area contributed by atoms with Crippen LogP contribution >= 0.6 is 11.8 Å². The van der Waals surface area contributed by atoms with Gasteiger partial charge in [0.2, 0.25) is 11.8 Å². The van der Waals surface area contributed by atoms with Crippen LogP contribution in [0.2, 0.25) is 0 Å². The maximum Gasteiger partial charge on any atom is 0.276 e. The third kappa shape index (κ3) is 3.32. The Morgan fingerprint density at radius 3 is 2.91 bits per heavy atom. The number of hydrogen-bond donors (Lipinski definition) is 1. The Kier molecular flexibility index (Phi) is 4.80. The molecule has 11 heteroatoms. The van der Waals surface area contributed by atoms with Crippen LogP contribution in [0.25, 0.3) is 5.69 Å². The van der Waals surface area contributed by atoms with Crippen molar-refractivity contribution in [2.45, 2.75) is 32.4 Å². The molecule has 0 bridgehead atoms. The van der Waals surface area contributed by atoms with E-state index in [2.05, 4.69) is 22.6 Å². The van der Waals surface area contributed by atoms with Crippen LogP contribution in [0.1, 0.15) is 46.2 Å². The van der Waals surface area contributed by atoms with Crippen LogP contribution in [0.3, 0.4) is 0 Å². The quantitative estimate of drug-likeness (QED) is 0.648. The highest BCUT2D eigenvalue weighted by Gasteiger charge is 2.48. The summed E-state index contributed by atoms with van der Waals surface area (Å²) in [7, 11) is 0. The lowest BCUT2D eigenvalue weighted by atomic mass is 9.84. The minimum Gasteiger partial charge on any atom is -0.336 e. The minimum atomic E-state index is -0.656. The molecule has 5 heterocycles. The first-order valence-electron chi connectivity index (χ1n) is 11.4. The zero-order valence-electron chi connectivity index (χ0n) is 18.7. The van der Waals surface area contributed by atoms with E-state index < -0.39 is 11.9 Å². The third-order valence-corrected chi connectivity index (χ3v) is 9.01. The number of nitrogens with zero attached hydrogens (tertiary/aromatic N) is 5. The number of fused-ring (bicyclic) bond motifs is 2. The second-order valence-corrected chi connectivity index (χ2v) is 10.9. The van der Waals surface area contributed by atoms with Crippen molar-refractivity contribution in [3.05, 3.63) is 41.2 Å². The smallest absolute Gasteiger partial charge is 0.276 e. The van der Waals surface area contributed by atoms with E-state index in [1.807, 2.05) is 28.8 Å². The maximum absolute atomic E-state index is 13.1. The fourth-order valence-electron chi connectivity index (χ4n) is 5.46. The number of carbonyl (C=O) groups is 4. The molecule has 176 valence electrons. The molecule has 0 saturated carbocycles. The molecule has 3 saturated heterocycles. The van der Waals surface area contributed by atoms with Gasteiger partial charge in [0.25, 0.3) is 11.8 Å². The van der Waals surface area contributed by atoms with Crippen molar-refractivity contribution in [2.75, 3.05) is 24.6 Å². The number of aromatic nitrogens is 3. The van der Waals surface area contributed by atoms with Gasteiger partial charge >= 0.3 is 0 Å². The zero-order chi connectivity index (χ0) is 23.6. The first kappa shape index (κ1) is 21.3. The van der Waals surface area contributed by atoms with Crippen LogP contribution in [-0.4, -0.2) is 79.1 Å². The molecule has 1 aromatic heterocycles. The van der Waals surface area contributed by atoms with Crippen LogP contribution in [-0.2, 0) is 16.1 Å². The van der Waals surface area contributed by atoms with Crippen LogP contribution in [0, 0.1) is 11.3 Å². The highest BCUT2D eigenvalue weighted by atomic mass is 32.2. The predicted molar refractivity (Wildman–Crippen MR) is 122 cm³/mol. The lowest BCUT2D eigenvalue weighted by Gasteiger charge is -2.29. The normalized spacial score (nSPS) is 28.3. The Morgan fingerprint density at radius 1 is 1.26 bits per heavy atom. The second kappa shape index (κ2) is 7.66. The zero-order valence-corrected chi connectivity index (χ0v) is 19.5. The topological polar surface area (TPSA) is 118 Å². The first-order chi connectivity index (χ1) is 16.3. The lowest BCUT2D eigenvalue weighted by Crippen LogP contribution is -2.52. The molecule has 4 aliphatic rings. The fraction of sp³-hybridized carbons (Fsp3) is 0.478. The molecule has 0 spiro atoms. The molecule has 34 heavy (non-hydrogen) atoms. The Balaban J connectivity index is 1.20. The van der Waals surface area contributed by atoms with Crippen molar-refractivity contribution in [1.29, 1.82) is 0 Å². The molecule has 10 nitrogen and oxygen atoms in total. The van der Waals surface area contributed by atoms with E-state index >= 15 is 0 Å². The molecular formula is C23H24N6O4S. The molecule has 2 aromatic rings. The van der Waals surface area contributed by atoms with Gasteiger partial charge in [-0.25, -0.2) is 4.68 Å². The van der Waals surface area contributed by atoms with Gasteiger partial charge in [0.05, 0.1) is 11.9 Å². The molecular weight excluding hydrogens is 456 g/mol. The summed E-state index contributed by atoms with van der Waals surface area (Å²) < 4.78 is 1.50. The summed E-state index contributed by atoms with van der Waals surface area (Å²) in [6.45, 7) is 4.05. The molecule has 0 radical (unpaired) electrons. The summed E-state index contributed by atoms with van der Waals surface area (Å²) >= 11 is 1.96. The number of rotatable bonds is 3. The second-order valence-electron chi connectivity index (χ2n) is 9.84. The molecule has 1 unspecified atom stereocenters. The molecule has 3 atom stereocenters. The molecule has 4 aliphatic heterocycles. The van der Waals surface area contributed by atoms with Crippen molar-refractivity contribution in [3.8, 4) is 5.69 Å². The van der Waals surface area contributed by atoms with Crippen molar-refractivity contribution >= 4 is 35.4 Å². The number of likely N-dealkylation sites (tertiary alicyclic amines) is 1. The number of amides is 4. The predicted octanol–water partition coefficient (Wildman–Crippen LogP) is 0.853. The van der Waals surface area contributed by atoms with Gasteiger partial charge in [-0.15, -0.1) is 5.10 Å². The minimum absolute atomic E-state index is 0.117. The Bertz CT molecular complexity index is 1240. The van der Waals surface area contributed by atoms with E-state index in [9.17, 15) is 19.2 Å². The van der Waals surface area contributed by atoms with E-state index in [1.54, 1.807) is 12.3 Å². The Morgan fingerprint density at radius 2 is 2.12 bits per heavy atom. The monoisotopic (exact) mass is 480 g/mol. The molecule has 6 rings (SSSR count). The van der Waals surface area contributed by atoms with Crippen molar-refractivity contribution < 1.29 is 19.2 Å². The van der Waals surface area contributed by atoms with Crippen molar-refractivity contribution in [3.63, 3.8) is 0 Å². The van der Waals surface area contributed by atoms with Gasteiger partial charge in [-0.2, -0.15) is 11.8 Å². The number of nitrogens with one attached hydrogen (secondary N) is 1. The third-order valence-electron chi connectivity index (χ3n) is 7.51. The standard InChI is InChI=1S/C23H24N6O4S/c1-23-11-27(8-14(23)10-34-12-23)22(33)17-9-29(26-25-17)15-3-2-13-7-28(21(32)16(13)6-15)18-4-5-19(30)24-20(18)31/h2-3,6,9,14,18H,4-5,7-8,10-12H2,1H3,(H,24,30,31)/t14-,18?,23+/m1/s1. The SMILES string of the molecule is C[C@]12CSC[C@H]1CN(C(=O)c1cn(-c3ccc4c(c3)C(=O)N(C3CCC(=O)NC3=O)C4)nn1)C2. The molecule has 0 aliphatic carbocycles. The summed E-state index contributed by atoms with van der Waals surface area (Å²) in [6.07, 6.45) is 2.14. The van der Waals surface area contributed by atoms with Gasteiger partial charge < -0.3 is 9.80 Å². The van der Waals surface area contributed by atoms with Gasteiger partial charge in [-0.1, -0.05) is 18.2 Å². The average molecular weight is 481 g/mol. The Labute approximate surface area is 200 Å². The van der Waals surface area contributed by atoms with Gasteiger partial charge in [-0.05, 0) is 41.2 Å². The first-order valence-corrected chi connectivity index (χ1v) is 12.6. The van der Waals surface area contributed by atoms with E-state index in [-0.39, 0.29) is 35.3 Å². The lowest BCUT2D eigenvalue weighted by molar-refractivity contribution is -0.136. The van der Waals surface area contributed by atoms with Crippen molar-refractivity contribution in [2.24, 2.45) is 11.3 Å². The summed E-state index contributed by atoms with van der Waals surface area (Å²) in [4.78, 5) is 53.2. The molecule has 4 amide bonds. The van der Waals surface area contributed by atoms with Crippen LogP contribution in [0.15, 0.2) is 24.4 Å². The van der Waals surface area contributed by atoms with Crippen molar-refractivity contribution in [1.82, 2.24) is 30.1 Å². The molecule has 1 N–H and O–H groups in total. The Hall–Kier alpha value is -3.21. The summed E-state index contributed by atoms with van der Waals surface area (Å²) in [6, 6.07) is 4.71. The molecule has 1 aromatic carbocycles. The number of piperidine rings is 1. The van der Waals surface area contributed by atoms with E-state index in [0.717, 1.165) is 30.2 Å². The van der Waals surface area contributed by atoms with E-state index in [0.29, 0.717) is 30.1 Å². The molecule has 3 fully saturated rings. The van der Waals surface area contributed by atoms with Crippen LogP contribution in [0.5, 0.6) is 0 Å². The maximum atomic E-state index is 13.1. The van der Waals surface area contributed by atoms with E-state index in [1.165, 1.54) is 9.58 Å². The average Bonchev–Trinajstić information content (AvgIpc) is 3.56. The van der Waals surface area contributed by atoms with Crippen LogP contribution < -0.4 is 5.32 Å².